The van der Waals surface area contributed by atoms with Gasteiger partial charge in [-0.1, -0.05) is 31.1 Å². The van der Waals surface area contributed by atoms with Crippen molar-refractivity contribution in [3.05, 3.63) is 0 Å². The van der Waals surface area contributed by atoms with Crippen LogP contribution in [-0.4, -0.2) is 170 Å². The Labute approximate surface area is 457 Å². The van der Waals surface area contributed by atoms with E-state index in [1.807, 2.05) is 0 Å². The van der Waals surface area contributed by atoms with Crippen LogP contribution in [0.5, 0.6) is 0 Å². The summed E-state index contributed by atoms with van der Waals surface area (Å²) in [6.07, 6.45) is 2.03. The summed E-state index contributed by atoms with van der Waals surface area (Å²) in [6, 6.07) is 12.7. The number of thiol groups is 9. The van der Waals surface area contributed by atoms with E-state index in [1.165, 1.54) is 48.4 Å². The molecule has 0 aliphatic rings. The molecule has 394 valence electrons. The minimum atomic E-state index is -2.92. The topological polar surface area (TPSA) is 83.1 Å². The zero-order valence-electron chi connectivity index (χ0n) is 42.1. The minimum Gasteiger partial charge on any atom is -0.417 e. The van der Waals surface area contributed by atoms with Crippen LogP contribution in [0.1, 0.15) is 19.8 Å². The molecule has 0 aromatic rings. The Balaban J connectivity index is 0. The second-order valence-electron chi connectivity index (χ2n) is 18.9. The van der Waals surface area contributed by atoms with Crippen LogP contribution in [0.25, 0.3) is 0 Å². The van der Waals surface area contributed by atoms with Crippen LogP contribution >= 0.6 is 114 Å². The molecule has 0 aromatic heterocycles. The molecule has 0 atom stereocenters. The number of hydrogen-bond acceptors (Lipinski definition) is 18. The second-order valence-corrected chi connectivity index (χ2v) is 51.3. The van der Waals surface area contributed by atoms with Gasteiger partial charge >= 0.3 is 17.4 Å². The molecular weight excluding hydrogens is 1110 g/mol. The van der Waals surface area contributed by atoms with Crippen LogP contribution < -0.4 is 0 Å². The molecule has 25 heteroatoms. The van der Waals surface area contributed by atoms with Gasteiger partial charge < -0.3 is 39.8 Å². The monoisotopic (exact) mass is 1210 g/mol. The maximum Gasteiger partial charge on any atom is 0.500 e. The Morgan fingerprint density at radius 2 is 0.554 bits per heavy atom. The molecule has 0 N–H and O–H groups in total. The molecule has 0 aliphatic carbocycles. The minimum absolute atomic E-state index is 0.467. The average molecular weight is 1210 g/mol. The van der Waals surface area contributed by atoms with Crippen LogP contribution in [0.2, 0.25) is 119 Å². The lowest BCUT2D eigenvalue weighted by molar-refractivity contribution is 0.0737. The summed E-state index contributed by atoms with van der Waals surface area (Å²) in [7, 11) is -13.9. The molecule has 0 radical (unpaired) electrons. The molecular formula is C40H98O9S9Si7. The SMILES string of the molecule is CCCO[Si](C)(C)CC[Si](CC[Si](C)(C)OCCS)(CC[Si](C)(C)OCCS)CC[Si](C)(C)OCCS.SCCC[Si](CC[Si](OCCS)(OCCS)OCCS)(OCCS)OCCS. The number of hydrogen-bond donors (Lipinski definition) is 9. The van der Waals surface area contributed by atoms with E-state index in [0.29, 0.717) is 67.8 Å². The summed E-state index contributed by atoms with van der Waals surface area (Å²) >= 11 is 39.0. The Bertz CT molecular complexity index is 945. The molecule has 0 unspecified atom stereocenters. The van der Waals surface area contributed by atoms with Gasteiger partial charge in [-0.3, -0.25) is 0 Å². The lowest BCUT2D eigenvalue weighted by Crippen LogP contribution is -2.51. The fraction of sp³-hybridized carbons (Fsp3) is 1.00. The highest BCUT2D eigenvalue weighted by Crippen LogP contribution is 2.40. The molecule has 9 nitrogen and oxygen atoms in total. The zero-order chi connectivity index (χ0) is 49.8. The van der Waals surface area contributed by atoms with Crippen molar-refractivity contribution < 1.29 is 39.8 Å². The van der Waals surface area contributed by atoms with Crippen molar-refractivity contribution in [2.24, 2.45) is 0 Å². The van der Waals surface area contributed by atoms with Crippen molar-refractivity contribution >= 4 is 172 Å². The van der Waals surface area contributed by atoms with Crippen molar-refractivity contribution in [2.75, 3.05) is 111 Å². The highest BCUT2D eigenvalue weighted by molar-refractivity contribution is 7.81. The maximum absolute atomic E-state index is 6.46. The highest BCUT2D eigenvalue weighted by atomic mass is 32.1. The van der Waals surface area contributed by atoms with E-state index in [0.717, 1.165) is 74.4 Å². The van der Waals surface area contributed by atoms with Gasteiger partial charge in [0, 0.05) is 112 Å². The van der Waals surface area contributed by atoms with E-state index in [2.05, 4.69) is 173 Å². The summed E-state index contributed by atoms with van der Waals surface area (Å²) in [4.78, 5) is 0. The third-order valence-electron chi connectivity index (χ3n) is 11.2. The Kier molecular flexibility index (Phi) is 45.6. The summed E-state index contributed by atoms with van der Waals surface area (Å²) in [5, 5.41) is 0. The second kappa shape index (κ2) is 41.5. The van der Waals surface area contributed by atoms with Crippen LogP contribution in [0.15, 0.2) is 0 Å². The summed E-state index contributed by atoms with van der Waals surface area (Å²) in [6.45, 7) is 27.2. The Hall–Kier alpha value is 4.31. The summed E-state index contributed by atoms with van der Waals surface area (Å²) in [5.41, 5.74) is 0. The van der Waals surface area contributed by atoms with Crippen LogP contribution in [0, 0.1) is 0 Å². The normalized spacial score (nSPS) is 13.4. The van der Waals surface area contributed by atoms with Gasteiger partial charge in [0.1, 0.15) is 0 Å². The molecule has 0 saturated carbocycles. The van der Waals surface area contributed by atoms with Crippen LogP contribution in [0.4, 0.5) is 0 Å². The van der Waals surface area contributed by atoms with Crippen LogP contribution in [0.3, 0.4) is 0 Å². The van der Waals surface area contributed by atoms with Gasteiger partial charge in [0.05, 0.1) is 8.07 Å². The first-order valence-corrected chi connectivity index (χ1v) is 49.0. The van der Waals surface area contributed by atoms with Gasteiger partial charge in [-0.15, -0.1) is 0 Å². The van der Waals surface area contributed by atoms with E-state index in [4.69, 9.17) is 39.8 Å². The van der Waals surface area contributed by atoms with Gasteiger partial charge in [-0.25, -0.2) is 0 Å². The third-order valence-corrected chi connectivity index (χ3v) is 36.8. The van der Waals surface area contributed by atoms with Crippen molar-refractivity contribution in [1.29, 1.82) is 0 Å². The zero-order valence-corrected chi connectivity index (χ0v) is 57.2. The molecule has 0 spiro atoms. The first-order chi connectivity index (χ1) is 30.6. The van der Waals surface area contributed by atoms with Gasteiger partial charge in [0.15, 0.2) is 33.3 Å². The van der Waals surface area contributed by atoms with Gasteiger partial charge in [0.2, 0.25) is 0 Å². The first kappa shape index (κ1) is 71.4. The molecule has 0 amide bonds. The van der Waals surface area contributed by atoms with Gasteiger partial charge in [-0.05, 0) is 107 Å². The van der Waals surface area contributed by atoms with E-state index in [1.54, 1.807) is 0 Å². The standard InChI is InChI=1S/C25H62O4S3Si5.C15H36O5S6Si2/c1-10-11-26-33(2,3)18-22-37(23-19-34(4,5)27-12-15-30,24-20-35(6,7)28-13-16-31)25-21-36(8,9)29-14-17-32;21-7-1-13-27(16-2-8-22,17-3-9-23)14-15-28(18-4-10-24,19-5-11-25)20-6-12-26/h30-32H,10-25H2,1-9H3;21-26H,1-15H2. The molecule has 0 fully saturated rings. The molecule has 0 bridgehead atoms. The Morgan fingerprint density at radius 1 is 0.277 bits per heavy atom. The predicted octanol–water partition coefficient (Wildman–Crippen LogP) is 11.9. The summed E-state index contributed by atoms with van der Waals surface area (Å²) in [5.74, 6) is 6.27. The van der Waals surface area contributed by atoms with Crippen molar-refractivity contribution in [1.82, 2.24) is 0 Å². The fourth-order valence-electron chi connectivity index (χ4n) is 7.20. The quantitative estimate of drug-likeness (QED) is 0.0219. The third kappa shape index (κ3) is 37.7. The van der Waals surface area contributed by atoms with Gasteiger partial charge in [0.25, 0.3) is 0 Å². The first-order valence-electron chi connectivity index (χ1n) is 23.9. The molecule has 0 aliphatic heterocycles. The lowest BCUT2D eigenvalue weighted by atomic mass is 10.5. The van der Waals surface area contributed by atoms with Crippen LogP contribution in [-0.2, 0) is 39.8 Å². The summed E-state index contributed by atoms with van der Waals surface area (Å²) < 4.78 is 56.5. The number of rotatable bonds is 45. The average Bonchev–Trinajstić information content (AvgIpc) is 3.28. The predicted molar refractivity (Wildman–Crippen MR) is 333 cm³/mol. The molecule has 0 heterocycles. The molecule has 65 heavy (non-hydrogen) atoms. The van der Waals surface area contributed by atoms with E-state index in [9.17, 15) is 0 Å². The smallest absolute Gasteiger partial charge is 0.417 e. The maximum atomic E-state index is 6.46. The van der Waals surface area contributed by atoms with Crippen molar-refractivity contribution in [3.8, 4) is 0 Å². The molecule has 0 saturated heterocycles. The van der Waals surface area contributed by atoms with E-state index in [-0.39, 0.29) is 0 Å². The van der Waals surface area contributed by atoms with Crippen molar-refractivity contribution in [3.63, 3.8) is 0 Å². The van der Waals surface area contributed by atoms with Gasteiger partial charge in [-0.2, -0.15) is 114 Å². The Morgan fingerprint density at radius 3 is 0.831 bits per heavy atom. The van der Waals surface area contributed by atoms with E-state index < -0.39 is 58.7 Å². The lowest BCUT2D eigenvalue weighted by Gasteiger charge is -2.40. The van der Waals surface area contributed by atoms with Crippen molar-refractivity contribution in [2.45, 2.75) is 139 Å². The van der Waals surface area contributed by atoms with E-state index >= 15 is 0 Å². The fourth-order valence-corrected chi connectivity index (χ4v) is 39.9. The largest absolute Gasteiger partial charge is 0.500 e. The molecule has 0 aromatic carbocycles. The highest BCUT2D eigenvalue weighted by Gasteiger charge is 2.47. The molecule has 0 rings (SSSR count).